The maximum atomic E-state index is 13.7. The summed E-state index contributed by atoms with van der Waals surface area (Å²) in [7, 11) is -7.82. The molecule has 1 amide bonds. The number of esters is 1. The highest BCUT2D eigenvalue weighted by Gasteiger charge is 2.43. The number of hydroxylamine groups is 1. The molecule has 1 N–H and O–H groups in total. The topological polar surface area (TPSA) is 149 Å². The lowest BCUT2D eigenvalue weighted by Gasteiger charge is -2.38. The lowest BCUT2D eigenvalue weighted by atomic mass is 10.1. The van der Waals surface area contributed by atoms with Crippen LogP contribution in [0.25, 0.3) is 10.4 Å². The second-order valence-electron chi connectivity index (χ2n) is 9.23. The van der Waals surface area contributed by atoms with Crippen molar-refractivity contribution in [1.82, 2.24) is 14.1 Å². The van der Waals surface area contributed by atoms with Crippen LogP contribution in [0, 0.1) is 0 Å². The number of piperazine rings is 1. The first kappa shape index (κ1) is 29.6. The highest BCUT2D eigenvalue weighted by molar-refractivity contribution is 7.91. The lowest BCUT2D eigenvalue weighted by molar-refractivity contribution is -0.202. The highest BCUT2D eigenvalue weighted by Crippen LogP contribution is 2.34. The number of amides is 1. The van der Waals surface area contributed by atoms with Gasteiger partial charge < -0.3 is 9.47 Å². The van der Waals surface area contributed by atoms with Crippen molar-refractivity contribution in [2.75, 3.05) is 32.5 Å². The average molecular weight is 602 g/mol. The van der Waals surface area contributed by atoms with Gasteiger partial charge in [-0.25, -0.2) is 27.2 Å². The SMILES string of the molecule is CC(=O)OCc1ccc(-c2ccc(S(=O)(=O)N3CCN(S(C)(=O)=O)CC3C(=O)NOC3CCCCO3)s2)cc1. The molecule has 0 bridgehead atoms. The van der Waals surface area contributed by atoms with Crippen molar-refractivity contribution in [3.63, 3.8) is 0 Å². The Kier molecular flexibility index (Phi) is 9.41. The van der Waals surface area contributed by atoms with Crippen LogP contribution >= 0.6 is 11.3 Å². The molecular formula is C24H31N3O9S3. The van der Waals surface area contributed by atoms with Crippen LogP contribution in [-0.2, 0) is 50.6 Å². The quantitative estimate of drug-likeness (QED) is 0.335. The van der Waals surface area contributed by atoms with Gasteiger partial charge in [0.1, 0.15) is 16.9 Å². The summed E-state index contributed by atoms with van der Waals surface area (Å²) in [6, 6.07) is 8.96. The van der Waals surface area contributed by atoms with Crippen LogP contribution in [0.1, 0.15) is 31.7 Å². The molecule has 1 aromatic heterocycles. The number of ether oxygens (including phenoxy) is 2. The lowest BCUT2D eigenvalue weighted by Crippen LogP contribution is -2.61. The molecule has 2 unspecified atom stereocenters. The van der Waals surface area contributed by atoms with Gasteiger partial charge in [0.25, 0.3) is 15.9 Å². The minimum Gasteiger partial charge on any atom is -0.461 e. The third-order valence-corrected chi connectivity index (χ3v) is 11.1. The van der Waals surface area contributed by atoms with Crippen LogP contribution in [0.15, 0.2) is 40.6 Å². The molecule has 2 fully saturated rings. The minimum absolute atomic E-state index is 0.0172. The van der Waals surface area contributed by atoms with Crippen LogP contribution in [-0.4, -0.2) is 82.2 Å². The molecule has 0 saturated carbocycles. The molecule has 0 spiro atoms. The molecule has 214 valence electrons. The summed E-state index contributed by atoms with van der Waals surface area (Å²) >= 11 is 1.04. The van der Waals surface area contributed by atoms with Crippen molar-refractivity contribution in [1.29, 1.82) is 0 Å². The van der Waals surface area contributed by atoms with Crippen molar-refractivity contribution in [2.24, 2.45) is 0 Å². The molecule has 15 heteroatoms. The predicted octanol–water partition coefficient (Wildman–Crippen LogP) is 1.69. The Morgan fingerprint density at radius 1 is 1.08 bits per heavy atom. The zero-order chi connectivity index (χ0) is 28.2. The molecule has 2 aromatic rings. The first-order valence-electron chi connectivity index (χ1n) is 12.3. The molecule has 4 rings (SSSR count). The fraction of sp³-hybridized carbons (Fsp3) is 0.500. The van der Waals surface area contributed by atoms with Crippen molar-refractivity contribution in [2.45, 2.75) is 49.3 Å². The Balaban J connectivity index is 1.52. The summed E-state index contributed by atoms with van der Waals surface area (Å²) in [6.45, 7) is 1.32. The average Bonchev–Trinajstić information content (AvgIpc) is 3.42. The summed E-state index contributed by atoms with van der Waals surface area (Å²) in [5.41, 5.74) is 3.84. The monoisotopic (exact) mass is 601 g/mol. The maximum Gasteiger partial charge on any atom is 0.302 e. The van der Waals surface area contributed by atoms with E-state index in [1.165, 1.54) is 13.0 Å². The van der Waals surface area contributed by atoms with Crippen molar-refractivity contribution >= 4 is 43.3 Å². The summed E-state index contributed by atoms with van der Waals surface area (Å²) in [4.78, 5) is 30.2. The van der Waals surface area contributed by atoms with E-state index in [1.807, 2.05) is 0 Å². The molecule has 2 atom stereocenters. The van der Waals surface area contributed by atoms with E-state index in [4.69, 9.17) is 14.3 Å². The van der Waals surface area contributed by atoms with E-state index >= 15 is 0 Å². The Morgan fingerprint density at radius 3 is 2.46 bits per heavy atom. The normalized spacial score (nSPS) is 21.4. The van der Waals surface area contributed by atoms with Crippen molar-refractivity contribution in [3.8, 4) is 10.4 Å². The highest BCUT2D eigenvalue weighted by atomic mass is 32.2. The fourth-order valence-electron chi connectivity index (χ4n) is 4.22. The largest absolute Gasteiger partial charge is 0.461 e. The summed E-state index contributed by atoms with van der Waals surface area (Å²) in [6.07, 6.45) is 2.68. The number of thiophene rings is 1. The van der Waals surface area contributed by atoms with Crippen molar-refractivity contribution < 1.29 is 40.7 Å². The van der Waals surface area contributed by atoms with Gasteiger partial charge in [-0.1, -0.05) is 24.3 Å². The summed E-state index contributed by atoms with van der Waals surface area (Å²) < 4.78 is 64.3. The molecule has 2 saturated heterocycles. The molecule has 0 radical (unpaired) electrons. The van der Waals surface area contributed by atoms with Crippen LogP contribution in [0.4, 0.5) is 0 Å². The van der Waals surface area contributed by atoms with Crippen LogP contribution in [0.5, 0.6) is 0 Å². The van der Waals surface area contributed by atoms with Gasteiger partial charge in [-0.15, -0.1) is 11.3 Å². The molecule has 0 aliphatic carbocycles. The summed E-state index contributed by atoms with van der Waals surface area (Å²) in [5.74, 6) is -1.16. The smallest absolute Gasteiger partial charge is 0.302 e. The third kappa shape index (κ3) is 7.42. The number of hydrogen-bond acceptors (Lipinski definition) is 10. The summed E-state index contributed by atoms with van der Waals surface area (Å²) in [5, 5.41) is 0. The number of nitrogens with one attached hydrogen (secondary N) is 1. The van der Waals surface area contributed by atoms with Gasteiger partial charge >= 0.3 is 5.97 Å². The van der Waals surface area contributed by atoms with E-state index in [0.717, 1.165) is 50.2 Å². The molecule has 2 aliphatic heterocycles. The Hall–Kier alpha value is -2.40. The Morgan fingerprint density at radius 2 is 1.82 bits per heavy atom. The zero-order valence-electron chi connectivity index (χ0n) is 21.6. The van der Waals surface area contributed by atoms with Gasteiger partial charge in [0, 0.05) is 44.5 Å². The van der Waals surface area contributed by atoms with E-state index in [2.05, 4.69) is 5.48 Å². The molecule has 12 nitrogen and oxygen atoms in total. The van der Waals surface area contributed by atoms with E-state index in [9.17, 15) is 26.4 Å². The first-order chi connectivity index (χ1) is 18.4. The van der Waals surface area contributed by atoms with Crippen LogP contribution in [0.2, 0.25) is 0 Å². The molecule has 1 aromatic carbocycles. The second-order valence-corrected chi connectivity index (χ2v) is 14.4. The van der Waals surface area contributed by atoms with Gasteiger partial charge in [-0.3, -0.25) is 9.59 Å². The number of benzene rings is 1. The fourth-order valence-corrected chi connectivity index (χ4v) is 8.06. The van der Waals surface area contributed by atoms with Crippen LogP contribution < -0.4 is 5.48 Å². The van der Waals surface area contributed by atoms with Crippen molar-refractivity contribution in [3.05, 3.63) is 42.0 Å². The molecule has 3 heterocycles. The standard InChI is InChI=1S/C24H31N3O9S3/c1-17(28)35-16-18-6-8-19(9-7-18)21-10-11-23(37-21)39(32,33)27-13-12-26(38(2,30)31)15-20(27)24(29)25-36-22-5-3-4-14-34-22/h6-11,20,22H,3-5,12-16H2,1-2H3,(H,25,29). The predicted molar refractivity (Wildman–Crippen MR) is 142 cm³/mol. The molecular weight excluding hydrogens is 570 g/mol. The molecule has 39 heavy (non-hydrogen) atoms. The van der Waals surface area contributed by atoms with Gasteiger partial charge in [-0.05, 0) is 36.1 Å². The number of rotatable bonds is 9. The number of sulfonamides is 2. The second kappa shape index (κ2) is 12.4. The van der Waals surface area contributed by atoms with Gasteiger partial charge in [0.2, 0.25) is 10.0 Å². The first-order valence-corrected chi connectivity index (χ1v) is 16.4. The van der Waals surface area contributed by atoms with E-state index in [1.54, 1.807) is 30.3 Å². The van der Waals surface area contributed by atoms with E-state index < -0.39 is 38.3 Å². The van der Waals surface area contributed by atoms with E-state index in [0.29, 0.717) is 17.9 Å². The van der Waals surface area contributed by atoms with Gasteiger partial charge in [0.15, 0.2) is 6.29 Å². The maximum absolute atomic E-state index is 13.7. The Labute approximate surface area is 231 Å². The molecule has 2 aliphatic rings. The Bertz CT molecular complexity index is 1390. The van der Waals surface area contributed by atoms with Gasteiger partial charge in [-0.2, -0.15) is 8.61 Å². The number of carbonyl (C=O) groups excluding carboxylic acids is 2. The number of carbonyl (C=O) groups is 2. The minimum atomic E-state index is -4.16. The third-order valence-electron chi connectivity index (χ3n) is 6.32. The number of hydrogen-bond donors (Lipinski definition) is 1. The zero-order valence-corrected chi connectivity index (χ0v) is 24.0. The van der Waals surface area contributed by atoms with Crippen LogP contribution in [0.3, 0.4) is 0 Å². The van der Waals surface area contributed by atoms with E-state index in [-0.39, 0.29) is 36.4 Å². The number of nitrogens with zero attached hydrogens (tertiary/aromatic N) is 2. The van der Waals surface area contributed by atoms with Gasteiger partial charge in [0.05, 0.1) is 6.26 Å².